The van der Waals surface area contributed by atoms with Crippen LogP contribution in [0.1, 0.15) is 79.1 Å². The molecule has 1 N–H and O–H groups in total. The minimum absolute atomic E-state index is 0.000219. The molecule has 9 atom stereocenters. The Bertz CT molecular complexity index is 1240. The fraction of sp³-hybridized carbons (Fsp3) is 0.750. The van der Waals surface area contributed by atoms with Crippen molar-refractivity contribution in [1.29, 1.82) is 5.26 Å². The molecule has 230 valence electrons. The first-order valence-corrected chi connectivity index (χ1v) is 15.2. The quantitative estimate of drug-likeness (QED) is 0.419. The number of aliphatic hydroxyl groups excluding tert-OH is 1. The van der Waals surface area contributed by atoms with E-state index >= 15 is 8.78 Å². The Balaban J connectivity index is 1.51. The number of hydrogen-bond acceptors (Lipinski definition) is 8. The van der Waals surface area contributed by atoms with Crippen molar-refractivity contribution in [3.05, 3.63) is 23.8 Å². The molecule has 0 spiro atoms. The second-order valence-corrected chi connectivity index (χ2v) is 13.5. The highest BCUT2D eigenvalue weighted by molar-refractivity contribution is 6.01. The largest absolute Gasteiger partial charge is 0.509 e. The summed E-state index contributed by atoms with van der Waals surface area (Å²) >= 11 is 0. The minimum Gasteiger partial charge on any atom is -0.447 e. The lowest BCUT2D eigenvalue weighted by Crippen LogP contribution is -2.71. The van der Waals surface area contributed by atoms with E-state index in [2.05, 4.69) is 6.92 Å². The Labute approximate surface area is 245 Å². The molecule has 4 saturated carbocycles. The van der Waals surface area contributed by atoms with Crippen molar-refractivity contribution in [2.24, 2.45) is 34.5 Å². The highest BCUT2D eigenvalue weighted by Crippen LogP contribution is 2.71. The lowest BCUT2D eigenvalue weighted by molar-refractivity contribution is -0.234. The molecule has 42 heavy (non-hydrogen) atoms. The molecule has 0 saturated heterocycles. The van der Waals surface area contributed by atoms with Crippen LogP contribution in [-0.4, -0.2) is 59.3 Å². The zero-order chi connectivity index (χ0) is 30.7. The molecule has 5 aliphatic carbocycles. The number of ether oxygens (including phenoxy) is 3. The van der Waals surface area contributed by atoms with Gasteiger partial charge in [-0.15, -0.1) is 0 Å². The van der Waals surface area contributed by atoms with Gasteiger partial charge in [0.25, 0.3) is 0 Å². The molecule has 0 aromatic heterocycles. The van der Waals surface area contributed by atoms with Gasteiger partial charge in [-0.25, -0.2) is 18.4 Å². The zero-order valence-corrected chi connectivity index (χ0v) is 24.7. The standard InChI is InChI=1S/C32H41F2NO7/c1-5-19-6-8-21(9-7-19)41-28(39)42-32(27(38)40-13-12-35)18(2)14-22-23-16-25(33)24-15-20(36)10-11-29(24,3)31(23,34)26(37)17-30(22,32)4/h10-11,15,18-19,21-23,25-26,37H,5-9,13-14,16-17H2,1-4H3/t18-,19?,21?,22+,23+,25+,26+,29+,30+,31?,32-/m1/s1. The van der Waals surface area contributed by atoms with Crippen molar-refractivity contribution < 1.29 is 42.5 Å². The summed E-state index contributed by atoms with van der Waals surface area (Å²) < 4.78 is 50.3. The Morgan fingerprint density at radius 2 is 1.86 bits per heavy atom. The Kier molecular flexibility index (Phi) is 7.83. The Hall–Kier alpha value is -2.80. The van der Waals surface area contributed by atoms with E-state index < -0.39 is 76.6 Å². The van der Waals surface area contributed by atoms with Gasteiger partial charge in [0.15, 0.2) is 18.1 Å². The molecular weight excluding hydrogens is 548 g/mol. The monoisotopic (exact) mass is 589 g/mol. The van der Waals surface area contributed by atoms with Crippen LogP contribution in [0.2, 0.25) is 0 Å². The molecule has 1 unspecified atom stereocenters. The normalized spacial score (nSPS) is 45.9. The molecule has 0 aromatic rings. The van der Waals surface area contributed by atoms with Gasteiger partial charge in [0.2, 0.25) is 5.60 Å². The van der Waals surface area contributed by atoms with Crippen LogP contribution in [0.4, 0.5) is 13.6 Å². The number of esters is 1. The van der Waals surface area contributed by atoms with E-state index in [9.17, 15) is 19.5 Å². The molecule has 0 aromatic carbocycles. The van der Waals surface area contributed by atoms with Crippen molar-refractivity contribution in [3.8, 4) is 6.07 Å². The molecule has 5 rings (SSSR count). The molecule has 0 radical (unpaired) electrons. The van der Waals surface area contributed by atoms with Crippen LogP contribution in [0.3, 0.4) is 0 Å². The van der Waals surface area contributed by atoms with Crippen molar-refractivity contribution in [1.82, 2.24) is 0 Å². The van der Waals surface area contributed by atoms with Gasteiger partial charge < -0.3 is 19.3 Å². The lowest BCUT2D eigenvalue weighted by Gasteiger charge is -2.62. The van der Waals surface area contributed by atoms with Gasteiger partial charge in [-0.3, -0.25) is 4.79 Å². The number of carbonyl (C=O) groups excluding carboxylic acids is 3. The number of ketones is 1. The van der Waals surface area contributed by atoms with Crippen molar-refractivity contribution in [2.45, 2.75) is 109 Å². The fourth-order valence-corrected chi connectivity index (χ4v) is 9.37. The van der Waals surface area contributed by atoms with Gasteiger partial charge in [0, 0.05) is 22.7 Å². The second kappa shape index (κ2) is 10.7. The maximum absolute atomic E-state index is 17.5. The van der Waals surface area contributed by atoms with Crippen LogP contribution < -0.4 is 0 Å². The van der Waals surface area contributed by atoms with Crippen molar-refractivity contribution in [3.63, 3.8) is 0 Å². The fourth-order valence-electron chi connectivity index (χ4n) is 9.37. The summed E-state index contributed by atoms with van der Waals surface area (Å²) in [5, 5.41) is 20.8. The Morgan fingerprint density at radius 1 is 1.17 bits per heavy atom. The SMILES string of the molecule is CCC1CCC(OC(=O)O[C@@]2(C(=O)OCC#N)[C@H](C)C[C@H]3[C@@H]4C[C@H](F)C5=CC(=O)C=C[C@]5(C)C4(F)[C@@H](O)C[C@@]32C)CC1. The molecule has 8 nitrogen and oxygen atoms in total. The molecule has 10 heteroatoms. The maximum atomic E-state index is 17.5. The topological polar surface area (TPSA) is 123 Å². The van der Waals surface area contributed by atoms with Crippen LogP contribution >= 0.6 is 0 Å². The van der Waals surface area contributed by atoms with E-state index in [1.165, 1.54) is 19.1 Å². The third kappa shape index (κ3) is 4.24. The van der Waals surface area contributed by atoms with Gasteiger partial charge in [-0.2, -0.15) is 5.26 Å². The first-order valence-electron chi connectivity index (χ1n) is 15.2. The molecule has 4 fully saturated rings. The van der Waals surface area contributed by atoms with Gasteiger partial charge in [0.05, 0.1) is 6.10 Å². The number of alkyl halides is 2. The van der Waals surface area contributed by atoms with E-state index in [1.54, 1.807) is 19.9 Å². The van der Waals surface area contributed by atoms with Crippen LogP contribution in [0.25, 0.3) is 0 Å². The van der Waals surface area contributed by atoms with Crippen LogP contribution in [0.5, 0.6) is 0 Å². The van der Waals surface area contributed by atoms with Gasteiger partial charge in [-0.1, -0.05) is 33.3 Å². The second-order valence-electron chi connectivity index (χ2n) is 13.5. The summed E-state index contributed by atoms with van der Waals surface area (Å²) in [6.45, 7) is 6.37. The lowest BCUT2D eigenvalue weighted by atomic mass is 9.44. The third-order valence-electron chi connectivity index (χ3n) is 11.6. The summed E-state index contributed by atoms with van der Waals surface area (Å²) in [5.41, 5.74) is -7.32. The number of allylic oxidation sites excluding steroid dienone is 4. The Morgan fingerprint density at radius 3 is 2.50 bits per heavy atom. The van der Waals surface area contributed by atoms with Gasteiger partial charge >= 0.3 is 12.1 Å². The summed E-state index contributed by atoms with van der Waals surface area (Å²) in [6.07, 6.45) is 2.68. The van der Waals surface area contributed by atoms with Crippen LogP contribution in [0, 0.1) is 45.8 Å². The first-order chi connectivity index (χ1) is 19.8. The molecular formula is C32H41F2NO7. The predicted molar refractivity (Wildman–Crippen MR) is 146 cm³/mol. The van der Waals surface area contributed by atoms with Crippen LogP contribution in [-0.2, 0) is 23.8 Å². The van der Waals surface area contributed by atoms with E-state index in [-0.39, 0.29) is 30.9 Å². The number of aliphatic hydroxyl groups is 1. The number of fused-ring (bicyclic) bond motifs is 5. The number of halogens is 2. The summed E-state index contributed by atoms with van der Waals surface area (Å²) in [6, 6.07) is 1.76. The molecule has 0 bridgehead atoms. The number of nitrogens with zero attached hydrogens (tertiary/aromatic N) is 1. The number of nitriles is 1. The van der Waals surface area contributed by atoms with E-state index in [1.807, 2.05) is 0 Å². The van der Waals surface area contributed by atoms with E-state index in [0.29, 0.717) is 18.8 Å². The van der Waals surface area contributed by atoms with Gasteiger partial charge in [0.1, 0.15) is 18.3 Å². The minimum atomic E-state index is -2.35. The molecule has 0 aliphatic heterocycles. The molecule has 0 amide bonds. The summed E-state index contributed by atoms with van der Waals surface area (Å²) in [4.78, 5) is 39.3. The highest BCUT2D eigenvalue weighted by atomic mass is 19.1. The van der Waals surface area contributed by atoms with E-state index in [0.717, 1.165) is 25.3 Å². The van der Waals surface area contributed by atoms with Crippen LogP contribution in [0.15, 0.2) is 23.8 Å². The third-order valence-corrected chi connectivity index (χ3v) is 11.6. The molecule has 0 heterocycles. The maximum Gasteiger partial charge on any atom is 0.509 e. The molecule has 5 aliphatic rings. The highest BCUT2D eigenvalue weighted by Gasteiger charge is 2.79. The van der Waals surface area contributed by atoms with Crippen molar-refractivity contribution in [2.75, 3.05) is 6.61 Å². The first kappa shape index (κ1) is 30.7. The summed E-state index contributed by atoms with van der Waals surface area (Å²) in [7, 11) is 0. The number of rotatable bonds is 5. The number of carbonyl (C=O) groups is 3. The smallest absolute Gasteiger partial charge is 0.447 e. The zero-order valence-electron chi connectivity index (χ0n) is 24.7. The van der Waals surface area contributed by atoms with Crippen molar-refractivity contribution >= 4 is 17.9 Å². The average molecular weight is 590 g/mol. The van der Waals surface area contributed by atoms with E-state index in [4.69, 9.17) is 19.5 Å². The number of hydrogen-bond donors (Lipinski definition) is 1. The average Bonchev–Trinajstić information content (AvgIpc) is 3.17. The summed E-state index contributed by atoms with van der Waals surface area (Å²) in [5.74, 6) is -3.33. The van der Waals surface area contributed by atoms with Gasteiger partial charge in [-0.05, 0) is 81.4 Å². The predicted octanol–water partition coefficient (Wildman–Crippen LogP) is 5.48.